The number of nitrogens with zero attached hydrogens (tertiary/aromatic N) is 9. The molecule has 2 fully saturated rings. The second kappa shape index (κ2) is 25.4. The molecule has 0 aromatic carbocycles. The lowest BCUT2D eigenvalue weighted by Crippen LogP contribution is -2.34. The Kier molecular flexibility index (Phi) is 21.2. The molecule has 10 atom stereocenters. The van der Waals surface area contributed by atoms with E-state index in [9.17, 15) is 33.1 Å². The Morgan fingerprint density at radius 1 is 0.643 bits per heavy atom. The third kappa shape index (κ3) is 16.7. The molecule has 32 heteroatoms. The van der Waals surface area contributed by atoms with Crippen LogP contribution in [0.2, 0.25) is 20.9 Å². The molecular formula is C38H52Cl4N10O16P2. The van der Waals surface area contributed by atoms with E-state index in [1.807, 2.05) is 6.92 Å². The van der Waals surface area contributed by atoms with E-state index in [-0.39, 0.29) is 70.3 Å². The number of carbonyl (C=O) groups is 5. The van der Waals surface area contributed by atoms with Crippen LogP contribution in [0.4, 0.5) is 0 Å². The van der Waals surface area contributed by atoms with E-state index in [1.165, 1.54) is 52.6 Å². The summed E-state index contributed by atoms with van der Waals surface area (Å²) in [5.41, 5.74) is 1.21. The van der Waals surface area contributed by atoms with Gasteiger partial charge in [-0.05, 0) is 49.9 Å². The zero-order valence-electron chi connectivity index (χ0n) is 39.6. The van der Waals surface area contributed by atoms with Gasteiger partial charge in [-0.15, -0.1) is 10.2 Å². The Balaban J connectivity index is 0.000000254. The van der Waals surface area contributed by atoms with E-state index in [0.29, 0.717) is 11.2 Å². The average molecular weight is 1110 g/mol. The molecule has 6 rings (SSSR count). The van der Waals surface area contributed by atoms with Crippen LogP contribution < -0.4 is 0 Å². The molecule has 2 aliphatic rings. The highest BCUT2D eigenvalue weighted by Crippen LogP contribution is 2.45. The average Bonchev–Trinajstić information content (AvgIpc) is 4.00. The zero-order chi connectivity index (χ0) is 52.4. The number of rotatable bonds is 16. The van der Waals surface area contributed by atoms with E-state index in [1.54, 1.807) is 20.3 Å². The van der Waals surface area contributed by atoms with Crippen LogP contribution in [0.25, 0.3) is 22.3 Å². The van der Waals surface area contributed by atoms with Crippen molar-refractivity contribution in [1.82, 2.24) is 50.3 Å². The Morgan fingerprint density at radius 3 is 1.61 bits per heavy atom. The molecular weight excluding hydrogens is 1060 g/mol. The Labute approximate surface area is 420 Å². The molecule has 0 amide bonds. The van der Waals surface area contributed by atoms with E-state index in [2.05, 4.69) is 45.7 Å². The lowest BCUT2D eigenvalue weighted by Gasteiger charge is -2.24. The molecule has 4 aromatic rings. The first-order valence-corrected chi connectivity index (χ1v) is 27.7. The highest BCUT2D eigenvalue weighted by Gasteiger charge is 2.48. The summed E-state index contributed by atoms with van der Waals surface area (Å²) >= 11 is 23.2. The molecule has 0 spiro atoms. The number of hydrogen-bond acceptors (Lipinski definition) is 24. The van der Waals surface area contributed by atoms with Crippen LogP contribution in [0.15, 0.2) is 0 Å². The first-order chi connectivity index (χ1) is 32.6. The van der Waals surface area contributed by atoms with E-state index in [4.69, 9.17) is 89.0 Å². The summed E-state index contributed by atoms with van der Waals surface area (Å²) in [6.07, 6.45) is -4.64. The summed E-state index contributed by atoms with van der Waals surface area (Å²) in [6.45, 7) is 15.7. The first-order valence-electron chi connectivity index (χ1n) is 20.8. The Hall–Kier alpha value is -4.23. The molecule has 6 heterocycles. The van der Waals surface area contributed by atoms with Gasteiger partial charge in [0, 0.05) is 46.5 Å². The van der Waals surface area contributed by atoms with Crippen molar-refractivity contribution in [3.05, 3.63) is 20.9 Å². The minimum atomic E-state index is -2.77. The molecule has 26 nitrogen and oxygen atoms in total. The second-order valence-electron chi connectivity index (χ2n) is 16.4. The van der Waals surface area contributed by atoms with Crippen molar-refractivity contribution in [3.8, 4) is 0 Å². The largest absolute Gasteiger partial charge is 0.463 e. The molecule has 4 unspecified atom stereocenters. The molecule has 0 aliphatic carbocycles. The van der Waals surface area contributed by atoms with Crippen molar-refractivity contribution in [1.29, 1.82) is 0 Å². The zero-order valence-corrected chi connectivity index (χ0v) is 44.4. The number of nitrogens with one attached hydrogen (secondary N) is 1. The summed E-state index contributed by atoms with van der Waals surface area (Å²) < 4.78 is 75.2. The van der Waals surface area contributed by atoms with Crippen molar-refractivity contribution >= 4 is 113 Å². The van der Waals surface area contributed by atoms with Crippen LogP contribution in [0, 0.1) is 11.8 Å². The molecule has 2 saturated heterocycles. The van der Waals surface area contributed by atoms with Crippen molar-refractivity contribution in [2.45, 2.75) is 97.1 Å². The number of aromatic amines is 1. The Bertz CT molecular complexity index is 2600. The fourth-order valence-electron chi connectivity index (χ4n) is 6.47. The van der Waals surface area contributed by atoms with Gasteiger partial charge in [0.15, 0.2) is 45.4 Å². The van der Waals surface area contributed by atoms with Gasteiger partial charge in [-0.1, -0.05) is 42.3 Å². The van der Waals surface area contributed by atoms with Crippen molar-refractivity contribution in [3.63, 3.8) is 0 Å². The normalized spacial score (nSPS) is 23.0. The monoisotopic (exact) mass is 1110 g/mol. The maximum absolute atomic E-state index is 12.6. The van der Waals surface area contributed by atoms with Crippen LogP contribution in [0.3, 0.4) is 0 Å². The van der Waals surface area contributed by atoms with Crippen LogP contribution in [-0.4, -0.2) is 176 Å². The number of halogens is 4. The quantitative estimate of drug-likeness (QED) is 0.0510. The summed E-state index contributed by atoms with van der Waals surface area (Å²) in [4.78, 5) is 71.9. The molecule has 0 saturated carbocycles. The van der Waals surface area contributed by atoms with Gasteiger partial charge in [-0.2, -0.15) is 25.0 Å². The number of fused-ring (bicyclic) bond motifs is 2. The standard InChI is InChI=1S/C18H24Cl2N5O7P.C16H27O9P.C4HCl2N5/c1-8-11(6-30-12(33(4,5)28)7-29-9(2)26)32-17(14(8)31-10(3)27)25-16-13(23-24-25)15(19)21-18(20)22-16;1-9-13(7-22-14(26(5,6)20)8-21-10(2)17)25-16(24-12(4)19)15(9)23-11(3)18;5-2-1-3(10-11-9-1)8-4(6)7-2/h8,11-12,14,17H,6-7H2,1-5H3;9,13-16H,7-8H2,1-6H3;(H,7,8,9,10,11)/t8-,11-,12?,14?,17-;9-,13-,14?,15?,16-;/m11./s1. The molecule has 0 radical (unpaired) electrons. The number of aromatic nitrogens is 10. The lowest BCUT2D eigenvalue weighted by molar-refractivity contribution is -0.196. The van der Waals surface area contributed by atoms with Crippen molar-refractivity contribution < 1.29 is 75.7 Å². The second-order valence-corrected chi connectivity index (χ2v) is 24.7. The third-order valence-electron chi connectivity index (χ3n) is 10.0. The van der Waals surface area contributed by atoms with Gasteiger partial charge in [0.2, 0.25) is 22.5 Å². The number of H-pyrrole nitrogens is 1. The summed E-state index contributed by atoms with van der Waals surface area (Å²) in [6, 6.07) is 0. The van der Waals surface area contributed by atoms with Crippen LogP contribution in [0.1, 0.15) is 54.7 Å². The summed E-state index contributed by atoms with van der Waals surface area (Å²) in [5, 5.41) is 18.0. The Morgan fingerprint density at radius 2 is 1.11 bits per heavy atom. The lowest BCUT2D eigenvalue weighted by atomic mass is 10.0. The SMILES string of the molecule is CC(=O)OCC(OC[C@H]1O[C@@H](OC(C)=O)C(OC(C)=O)[C@@H]1C)P(C)(C)=O.CC(=O)OCC(OC[C@H]1O[C@@H](n2nnc3c(Cl)nc(Cl)nc32)C(OC(C)=O)[C@@H]1C)P(C)(C)=O.Clc1nc(Cl)c2n[nH]nc2n1. The van der Waals surface area contributed by atoms with Gasteiger partial charge in [-0.25, -0.2) is 9.97 Å². The highest BCUT2D eigenvalue weighted by atomic mass is 35.5. The van der Waals surface area contributed by atoms with E-state index < -0.39 is 92.8 Å². The topological polar surface area (TPSA) is 326 Å². The number of ether oxygens (including phenoxy) is 9. The highest BCUT2D eigenvalue weighted by molar-refractivity contribution is 7.63. The van der Waals surface area contributed by atoms with Crippen molar-refractivity contribution in [2.24, 2.45) is 11.8 Å². The minimum Gasteiger partial charge on any atom is -0.463 e. The number of hydrogen-bond donors (Lipinski definition) is 1. The van der Waals surface area contributed by atoms with Gasteiger partial charge in [0.1, 0.15) is 39.2 Å². The van der Waals surface area contributed by atoms with E-state index >= 15 is 0 Å². The maximum atomic E-state index is 12.6. The molecule has 388 valence electrons. The van der Waals surface area contributed by atoms with Gasteiger partial charge < -0.3 is 51.8 Å². The molecule has 70 heavy (non-hydrogen) atoms. The summed E-state index contributed by atoms with van der Waals surface area (Å²) in [5.74, 6) is -4.90. The van der Waals surface area contributed by atoms with Crippen LogP contribution >= 0.6 is 60.7 Å². The van der Waals surface area contributed by atoms with Crippen LogP contribution in [0.5, 0.6) is 0 Å². The van der Waals surface area contributed by atoms with Gasteiger partial charge in [-0.3, -0.25) is 24.0 Å². The smallest absolute Gasteiger partial charge is 0.305 e. The van der Waals surface area contributed by atoms with E-state index in [0.717, 1.165) is 0 Å². The first kappa shape index (κ1) is 58.3. The molecule has 0 bridgehead atoms. The summed E-state index contributed by atoms with van der Waals surface area (Å²) in [7, 11) is -5.48. The molecule has 2 aliphatic heterocycles. The fraction of sp³-hybridized carbons (Fsp3) is 0.658. The van der Waals surface area contributed by atoms with Crippen molar-refractivity contribution in [2.75, 3.05) is 53.1 Å². The predicted molar refractivity (Wildman–Crippen MR) is 248 cm³/mol. The minimum absolute atomic E-state index is 0.00381. The molecule has 1 N–H and O–H groups in total. The third-order valence-corrected chi connectivity index (χ3v) is 14.3. The maximum Gasteiger partial charge on any atom is 0.305 e. The predicted octanol–water partition coefficient (Wildman–Crippen LogP) is 4.95. The van der Waals surface area contributed by atoms with Gasteiger partial charge in [0.05, 0.1) is 25.4 Å². The van der Waals surface area contributed by atoms with Crippen LogP contribution in [-0.2, 0) is 75.7 Å². The number of esters is 5. The molecule has 4 aromatic heterocycles. The fourth-order valence-corrected chi connectivity index (χ4v) is 9.05. The van der Waals surface area contributed by atoms with Gasteiger partial charge >= 0.3 is 29.8 Å². The number of carbonyl (C=O) groups excluding carboxylic acids is 5. The van der Waals surface area contributed by atoms with Gasteiger partial charge in [0.25, 0.3) is 0 Å².